The van der Waals surface area contributed by atoms with Gasteiger partial charge in [0.15, 0.2) is 6.10 Å². The van der Waals surface area contributed by atoms with E-state index in [1.807, 2.05) is 30.3 Å². The highest BCUT2D eigenvalue weighted by atomic mass is 16.5. The topological polar surface area (TPSA) is 73.9 Å². The van der Waals surface area contributed by atoms with Gasteiger partial charge >= 0.3 is 5.97 Å². The number of rotatable bonds is 5. The first kappa shape index (κ1) is 17.0. The molecule has 1 heterocycles. The van der Waals surface area contributed by atoms with E-state index >= 15 is 0 Å². The van der Waals surface area contributed by atoms with E-state index < -0.39 is 12.1 Å². The highest BCUT2D eigenvalue weighted by Gasteiger charge is 2.35. The van der Waals surface area contributed by atoms with E-state index in [-0.39, 0.29) is 12.4 Å². The highest BCUT2D eigenvalue weighted by molar-refractivity contribution is 6.07. The number of carbonyl (C=O) groups is 2. The molecule has 3 rings (SSSR count). The first-order valence-corrected chi connectivity index (χ1v) is 7.86. The monoisotopic (exact) mass is 341 g/mol. The van der Waals surface area contributed by atoms with E-state index in [9.17, 15) is 9.59 Å². The number of Topliss-reactive ketones (excluding diaryl/α,β-unsaturated/α-hetero) is 1. The van der Waals surface area contributed by atoms with E-state index in [0.717, 1.165) is 5.56 Å². The zero-order valence-corrected chi connectivity index (χ0v) is 14.1. The molecule has 1 aromatic carbocycles. The molecule has 25 heavy (non-hydrogen) atoms. The molecule has 0 aromatic heterocycles. The zero-order valence-electron chi connectivity index (χ0n) is 14.1. The fourth-order valence-corrected chi connectivity index (χ4v) is 2.75. The van der Waals surface area contributed by atoms with Gasteiger partial charge < -0.3 is 19.5 Å². The molecule has 1 unspecified atom stereocenters. The summed E-state index contributed by atoms with van der Waals surface area (Å²) in [5.41, 5.74) is 2.36. The number of esters is 1. The summed E-state index contributed by atoms with van der Waals surface area (Å²) < 4.78 is 15.9. The van der Waals surface area contributed by atoms with Gasteiger partial charge in [-0.1, -0.05) is 30.3 Å². The van der Waals surface area contributed by atoms with Crippen molar-refractivity contribution < 1.29 is 23.8 Å². The minimum atomic E-state index is -0.848. The van der Waals surface area contributed by atoms with Crippen molar-refractivity contribution in [2.24, 2.45) is 0 Å². The third kappa shape index (κ3) is 3.49. The van der Waals surface area contributed by atoms with Crippen molar-refractivity contribution in [1.82, 2.24) is 5.32 Å². The van der Waals surface area contributed by atoms with Crippen LogP contribution in [0.25, 0.3) is 0 Å². The van der Waals surface area contributed by atoms with Crippen LogP contribution in [-0.4, -0.2) is 38.6 Å². The SMILES string of the molecule is COC(=O)C1=CC2=C(C=C(OC)C(OCc3ccccc3)C2=O)NC1. The number of nitrogens with one attached hydrogen (secondary N) is 1. The lowest BCUT2D eigenvalue weighted by atomic mass is 9.92. The molecule has 0 saturated heterocycles. The maximum absolute atomic E-state index is 12.9. The Morgan fingerprint density at radius 3 is 2.64 bits per heavy atom. The first-order valence-electron chi connectivity index (χ1n) is 7.86. The maximum Gasteiger partial charge on any atom is 0.335 e. The first-order chi connectivity index (χ1) is 12.1. The average Bonchev–Trinajstić information content (AvgIpc) is 2.67. The Bertz CT molecular complexity index is 776. The minimum Gasteiger partial charge on any atom is -0.498 e. The van der Waals surface area contributed by atoms with Crippen LogP contribution in [0.5, 0.6) is 0 Å². The number of benzene rings is 1. The zero-order chi connectivity index (χ0) is 17.8. The van der Waals surface area contributed by atoms with Gasteiger partial charge in [0, 0.05) is 23.9 Å². The molecule has 6 heteroatoms. The second-order valence-corrected chi connectivity index (χ2v) is 5.63. The quantitative estimate of drug-likeness (QED) is 0.821. The number of hydrogen-bond donors (Lipinski definition) is 1. The predicted octanol–water partition coefficient (Wildman–Crippen LogP) is 1.64. The van der Waals surface area contributed by atoms with Gasteiger partial charge in [-0.25, -0.2) is 4.79 Å². The van der Waals surface area contributed by atoms with E-state index in [1.54, 1.807) is 12.2 Å². The molecule has 1 aromatic rings. The summed E-state index contributed by atoms with van der Waals surface area (Å²) in [5, 5.41) is 3.05. The second-order valence-electron chi connectivity index (χ2n) is 5.63. The van der Waals surface area contributed by atoms with Crippen molar-refractivity contribution in [3.63, 3.8) is 0 Å². The predicted molar refractivity (Wildman–Crippen MR) is 90.2 cm³/mol. The van der Waals surface area contributed by atoms with Crippen LogP contribution in [0.15, 0.2) is 65.1 Å². The molecule has 1 aliphatic carbocycles. The van der Waals surface area contributed by atoms with Crippen molar-refractivity contribution >= 4 is 11.8 Å². The third-order valence-electron chi connectivity index (χ3n) is 4.07. The van der Waals surface area contributed by atoms with Crippen LogP contribution in [0.4, 0.5) is 0 Å². The van der Waals surface area contributed by atoms with Crippen molar-refractivity contribution in [3.8, 4) is 0 Å². The van der Waals surface area contributed by atoms with E-state index in [4.69, 9.17) is 14.2 Å². The third-order valence-corrected chi connectivity index (χ3v) is 4.07. The standard InChI is InChI=1S/C19H19NO5/c1-23-16-9-15-14(8-13(10-20-15)19(22)24-2)17(21)18(16)25-11-12-6-4-3-5-7-12/h3-9,18,20H,10-11H2,1-2H3. The summed E-state index contributed by atoms with van der Waals surface area (Å²) in [7, 11) is 2.81. The molecule has 0 radical (unpaired) electrons. The summed E-state index contributed by atoms with van der Waals surface area (Å²) in [5.74, 6) is -0.281. The molecule has 0 bridgehead atoms. The maximum atomic E-state index is 12.9. The van der Waals surface area contributed by atoms with Crippen molar-refractivity contribution in [2.75, 3.05) is 20.8 Å². The summed E-state index contributed by atoms with van der Waals surface area (Å²) in [6, 6.07) is 9.58. The van der Waals surface area contributed by atoms with Crippen molar-refractivity contribution in [1.29, 1.82) is 0 Å². The lowest BCUT2D eigenvalue weighted by Crippen LogP contribution is -2.37. The summed E-state index contributed by atoms with van der Waals surface area (Å²) in [4.78, 5) is 24.6. The molecular weight excluding hydrogens is 322 g/mol. The van der Waals surface area contributed by atoms with E-state index in [0.29, 0.717) is 29.1 Å². The smallest absolute Gasteiger partial charge is 0.335 e. The molecule has 1 N–H and O–H groups in total. The fourth-order valence-electron chi connectivity index (χ4n) is 2.75. The van der Waals surface area contributed by atoms with E-state index in [1.165, 1.54) is 14.2 Å². The highest BCUT2D eigenvalue weighted by Crippen LogP contribution is 2.28. The van der Waals surface area contributed by atoms with E-state index in [2.05, 4.69) is 5.32 Å². The average molecular weight is 341 g/mol. The molecule has 0 saturated carbocycles. The molecule has 1 atom stereocenters. The lowest BCUT2D eigenvalue weighted by molar-refractivity contribution is -0.136. The van der Waals surface area contributed by atoms with Gasteiger partial charge in [-0.3, -0.25) is 4.79 Å². The van der Waals surface area contributed by atoms with Gasteiger partial charge in [-0.15, -0.1) is 0 Å². The number of allylic oxidation sites excluding steroid dienone is 2. The molecule has 1 aliphatic heterocycles. The van der Waals surface area contributed by atoms with Crippen LogP contribution in [0.3, 0.4) is 0 Å². The Hall–Kier alpha value is -2.86. The second kappa shape index (κ2) is 7.36. The number of ether oxygens (including phenoxy) is 3. The van der Waals surface area contributed by atoms with Crippen LogP contribution in [0.1, 0.15) is 5.56 Å². The number of methoxy groups -OCH3 is 2. The summed E-state index contributed by atoms with van der Waals surface area (Å²) >= 11 is 0. The van der Waals surface area contributed by atoms with Gasteiger partial charge in [-0.2, -0.15) is 0 Å². The lowest BCUT2D eigenvalue weighted by Gasteiger charge is -2.28. The van der Waals surface area contributed by atoms with Crippen LogP contribution >= 0.6 is 0 Å². The molecular formula is C19H19NO5. The minimum absolute atomic E-state index is 0.251. The molecule has 0 fully saturated rings. The number of hydrogen-bond acceptors (Lipinski definition) is 6. The Morgan fingerprint density at radius 2 is 1.96 bits per heavy atom. The van der Waals surface area contributed by atoms with Crippen LogP contribution < -0.4 is 5.32 Å². The van der Waals surface area contributed by atoms with Crippen molar-refractivity contribution in [2.45, 2.75) is 12.7 Å². The molecule has 2 aliphatic rings. The summed E-state index contributed by atoms with van der Waals surface area (Å²) in [6.45, 7) is 0.573. The van der Waals surface area contributed by atoms with Crippen LogP contribution in [0.2, 0.25) is 0 Å². The molecule has 6 nitrogen and oxygen atoms in total. The number of carbonyl (C=O) groups excluding carboxylic acids is 2. The summed E-state index contributed by atoms with van der Waals surface area (Å²) in [6.07, 6.45) is 2.44. The van der Waals surface area contributed by atoms with Gasteiger partial charge in [0.25, 0.3) is 0 Å². The van der Waals surface area contributed by atoms with Gasteiger partial charge in [-0.05, 0) is 11.6 Å². The van der Waals surface area contributed by atoms with Gasteiger partial charge in [0.1, 0.15) is 5.76 Å². The van der Waals surface area contributed by atoms with Crippen LogP contribution in [-0.2, 0) is 30.4 Å². The molecule has 130 valence electrons. The molecule has 0 amide bonds. The number of dihydropyridines is 1. The molecule has 0 spiro atoms. The number of ketones is 1. The van der Waals surface area contributed by atoms with Gasteiger partial charge in [0.05, 0.1) is 26.4 Å². The Kier molecular flexibility index (Phi) is 5.00. The Balaban J connectivity index is 1.84. The Labute approximate surface area is 145 Å². The fraction of sp³-hybridized carbons (Fsp3) is 0.263. The van der Waals surface area contributed by atoms with Crippen molar-refractivity contribution in [3.05, 3.63) is 70.6 Å². The normalized spacial score (nSPS) is 19.4. The van der Waals surface area contributed by atoms with Gasteiger partial charge in [0.2, 0.25) is 5.78 Å². The largest absolute Gasteiger partial charge is 0.498 e. The van der Waals surface area contributed by atoms with Crippen LogP contribution in [0, 0.1) is 0 Å². The Morgan fingerprint density at radius 1 is 1.20 bits per heavy atom.